The molecule has 3 rings (SSSR count). The number of aryl methyl sites for hydroxylation is 1. The molecule has 2 aromatic carbocycles. The summed E-state index contributed by atoms with van der Waals surface area (Å²) in [6.45, 7) is 3.11. The van der Waals surface area contributed by atoms with E-state index in [1.54, 1.807) is 31.2 Å². The van der Waals surface area contributed by atoms with Gasteiger partial charge in [0.2, 0.25) is 11.2 Å². The van der Waals surface area contributed by atoms with E-state index in [0.29, 0.717) is 11.3 Å². The number of fused-ring (bicyclic) bond motifs is 1. The van der Waals surface area contributed by atoms with E-state index in [2.05, 4.69) is 5.32 Å². The van der Waals surface area contributed by atoms with Crippen LogP contribution in [0.4, 0.5) is 0 Å². The van der Waals surface area contributed by atoms with Crippen LogP contribution in [-0.4, -0.2) is 22.2 Å². The van der Waals surface area contributed by atoms with Gasteiger partial charge in [-0.3, -0.25) is 9.59 Å². The predicted molar refractivity (Wildman–Crippen MR) is 99.3 cm³/mol. The highest BCUT2D eigenvalue weighted by Crippen LogP contribution is 2.30. The van der Waals surface area contributed by atoms with Crippen molar-refractivity contribution in [2.75, 3.05) is 0 Å². The van der Waals surface area contributed by atoms with Crippen molar-refractivity contribution in [3.63, 3.8) is 0 Å². The fourth-order valence-electron chi connectivity index (χ4n) is 2.63. The average molecular weight is 369 g/mol. The van der Waals surface area contributed by atoms with Crippen LogP contribution in [0.1, 0.15) is 18.2 Å². The molecule has 0 spiro atoms. The molecule has 1 aromatic heterocycles. The standard InChI is InChI=1S/C20H19NO6/c1-11(20(24)25)21-10-15-16(22)9-8-14-17(23)18(12(2)26-19(14)15)27-13-6-4-3-5-7-13/h3-9,11,21-22H,10H2,1-2H3,(H,24,25). The fraction of sp³-hybridized carbons (Fsp3) is 0.200. The van der Waals surface area contributed by atoms with Crippen LogP contribution in [0.3, 0.4) is 0 Å². The van der Waals surface area contributed by atoms with Crippen molar-refractivity contribution in [3.05, 3.63) is 64.0 Å². The van der Waals surface area contributed by atoms with Crippen molar-refractivity contribution in [1.29, 1.82) is 0 Å². The zero-order chi connectivity index (χ0) is 19.6. The number of hydrogen-bond donors (Lipinski definition) is 3. The first-order valence-corrected chi connectivity index (χ1v) is 8.36. The number of aliphatic carboxylic acids is 1. The number of nitrogens with one attached hydrogen (secondary N) is 1. The number of hydrogen-bond acceptors (Lipinski definition) is 6. The summed E-state index contributed by atoms with van der Waals surface area (Å²) in [6, 6.07) is 10.9. The van der Waals surface area contributed by atoms with Crippen molar-refractivity contribution in [2.24, 2.45) is 0 Å². The van der Waals surface area contributed by atoms with Crippen molar-refractivity contribution >= 4 is 16.9 Å². The molecule has 1 unspecified atom stereocenters. The van der Waals surface area contributed by atoms with E-state index in [0.717, 1.165) is 0 Å². The summed E-state index contributed by atoms with van der Waals surface area (Å²) in [5, 5.41) is 22.2. The van der Waals surface area contributed by atoms with Crippen LogP contribution < -0.4 is 15.5 Å². The second kappa shape index (κ2) is 7.51. The first kappa shape index (κ1) is 18.5. The molecule has 1 heterocycles. The van der Waals surface area contributed by atoms with E-state index in [1.807, 2.05) is 6.07 Å². The number of ether oxygens (including phenoxy) is 1. The third kappa shape index (κ3) is 3.78. The van der Waals surface area contributed by atoms with Gasteiger partial charge in [0, 0.05) is 6.54 Å². The van der Waals surface area contributed by atoms with E-state index >= 15 is 0 Å². The highest BCUT2D eigenvalue weighted by atomic mass is 16.5. The molecule has 7 nitrogen and oxygen atoms in total. The number of carboxylic acids is 1. The maximum atomic E-state index is 12.9. The second-order valence-corrected chi connectivity index (χ2v) is 6.11. The normalized spacial score (nSPS) is 12.1. The van der Waals surface area contributed by atoms with Crippen molar-refractivity contribution in [1.82, 2.24) is 5.32 Å². The van der Waals surface area contributed by atoms with Crippen LogP contribution in [0.2, 0.25) is 0 Å². The van der Waals surface area contributed by atoms with Gasteiger partial charge in [-0.05, 0) is 38.1 Å². The van der Waals surface area contributed by atoms with E-state index in [-0.39, 0.29) is 40.2 Å². The Hall–Kier alpha value is -3.32. The molecule has 0 bridgehead atoms. The minimum atomic E-state index is -1.02. The van der Waals surface area contributed by atoms with Crippen molar-refractivity contribution < 1.29 is 24.2 Å². The summed E-state index contributed by atoms with van der Waals surface area (Å²) < 4.78 is 11.5. The smallest absolute Gasteiger partial charge is 0.320 e. The van der Waals surface area contributed by atoms with Gasteiger partial charge in [-0.25, -0.2) is 0 Å². The number of carbonyl (C=O) groups is 1. The second-order valence-electron chi connectivity index (χ2n) is 6.11. The summed E-state index contributed by atoms with van der Waals surface area (Å²) >= 11 is 0. The van der Waals surface area contributed by atoms with Crippen molar-refractivity contribution in [2.45, 2.75) is 26.4 Å². The Morgan fingerprint density at radius 1 is 1.22 bits per heavy atom. The molecule has 1 atom stereocenters. The molecule has 0 radical (unpaired) electrons. The Bertz CT molecular complexity index is 1040. The maximum Gasteiger partial charge on any atom is 0.320 e. The van der Waals surface area contributed by atoms with Crippen LogP contribution in [-0.2, 0) is 11.3 Å². The fourth-order valence-corrected chi connectivity index (χ4v) is 2.63. The average Bonchev–Trinajstić information content (AvgIpc) is 2.65. The van der Waals surface area contributed by atoms with Gasteiger partial charge in [-0.2, -0.15) is 0 Å². The van der Waals surface area contributed by atoms with E-state index in [1.165, 1.54) is 19.1 Å². The third-order valence-corrected chi connectivity index (χ3v) is 4.18. The van der Waals surface area contributed by atoms with Crippen LogP contribution in [0.5, 0.6) is 17.2 Å². The molecule has 3 N–H and O–H groups in total. The largest absolute Gasteiger partial charge is 0.507 e. The Labute approximate surface area is 154 Å². The molecular formula is C20H19NO6. The number of para-hydroxylation sites is 1. The molecule has 0 amide bonds. The minimum Gasteiger partial charge on any atom is -0.507 e. The lowest BCUT2D eigenvalue weighted by atomic mass is 10.1. The van der Waals surface area contributed by atoms with Gasteiger partial charge >= 0.3 is 5.97 Å². The van der Waals surface area contributed by atoms with Gasteiger partial charge in [-0.15, -0.1) is 0 Å². The van der Waals surface area contributed by atoms with Crippen LogP contribution in [0, 0.1) is 6.92 Å². The lowest BCUT2D eigenvalue weighted by Crippen LogP contribution is -2.33. The topological polar surface area (TPSA) is 109 Å². The number of rotatable bonds is 6. The number of phenolic OH excluding ortho intramolecular Hbond substituents is 1. The molecule has 0 saturated carbocycles. The predicted octanol–water partition coefficient (Wildman–Crippen LogP) is 3.16. The lowest BCUT2D eigenvalue weighted by molar-refractivity contribution is -0.139. The monoisotopic (exact) mass is 369 g/mol. The zero-order valence-corrected chi connectivity index (χ0v) is 14.9. The summed E-state index contributed by atoms with van der Waals surface area (Å²) in [7, 11) is 0. The summed E-state index contributed by atoms with van der Waals surface area (Å²) in [4.78, 5) is 23.9. The van der Waals surface area contributed by atoms with Gasteiger partial charge in [0.25, 0.3) is 0 Å². The van der Waals surface area contributed by atoms with Gasteiger partial charge in [0.15, 0.2) is 0 Å². The van der Waals surface area contributed by atoms with E-state index < -0.39 is 12.0 Å². The molecule has 0 aliphatic carbocycles. The summed E-state index contributed by atoms with van der Waals surface area (Å²) in [6.07, 6.45) is 0. The Morgan fingerprint density at radius 2 is 1.93 bits per heavy atom. The number of carboxylic acid groups (broad SMARTS) is 1. The Morgan fingerprint density at radius 3 is 2.59 bits per heavy atom. The lowest BCUT2D eigenvalue weighted by Gasteiger charge is -2.14. The zero-order valence-electron chi connectivity index (χ0n) is 14.9. The summed E-state index contributed by atoms with van der Waals surface area (Å²) in [5.41, 5.74) is 0.139. The molecule has 27 heavy (non-hydrogen) atoms. The van der Waals surface area contributed by atoms with Crippen molar-refractivity contribution in [3.8, 4) is 17.2 Å². The maximum absolute atomic E-state index is 12.9. The number of benzene rings is 2. The van der Waals surface area contributed by atoms with Gasteiger partial charge in [-0.1, -0.05) is 18.2 Å². The molecule has 140 valence electrons. The highest BCUT2D eigenvalue weighted by molar-refractivity contribution is 5.83. The first-order valence-electron chi connectivity index (χ1n) is 8.36. The third-order valence-electron chi connectivity index (χ3n) is 4.18. The molecule has 0 aliphatic heterocycles. The molecule has 3 aromatic rings. The molecule has 7 heteroatoms. The Balaban J connectivity index is 2.05. The van der Waals surface area contributed by atoms with Crippen LogP contribution in [0.15, 0.2) is 51.7 Å². The van der Waals surface area contributed by atoms with Crippen LogP contribution >= 0.6 is 0 Å². The number of phenols is 1. The molecule has 0 saturated heterocycles. The van der Waals surface area contributed by atoms with Gasteiger partial charge in [0.05, 0.1) is 10.9 Å². The SMILES string of the molecule is Cc1oc2c(CNC(C)C(=O)O)c(O)ccc2c(=O)c1Oc1ccccc1. The van der Waals surface area contributed by atoms with E-state index in [9.17, 15) is 14.7 Å². The molecule has 0 aliphatic rings. The molecule has 0 fully saturated rings. The van der Waals surface area contributed by atoms with Gasteiger partial charge in [0.1, 0.15) is 28.9 Å². The summed E-state index contributed by atoms with van der Waals surface area (Å²) in [5.74, 6) is -0.285. The highest BCUT2D eigenvalue weighted by Gasteiger charge is 2.19. The Kier molecular flexibility index (Phi) is 5.14. The quantitative estimate of drug-likeness (QED) is 0.612. The molecular weight excluding hydrogens is 350 g/mol. The number of aromatic hydroxyl groups is 1. The van der Waals surface area contributed by atoms with Crippen LogP contribution in [0.25, 0.3) is 11.0 Å². The van der Waals surface area contributed by atoms with E-state index in [4.69, 9.17) is 14.3 Å². The minimum absolute atomic E-state index is 0.0257. The first-order chi connectivity index (χ1) is 12.9. The van der Waals surface area contributed by atoms with Gasteiger partial charge < -0.3 is 24.7 Å².